The summed E-state index contributed by atoms with van der Waals surface area (Å²) in [7, 11) is 0. The summed E-state index contributed by atoms with van der Waals surface area (Å²) in [4.78, 5) is 16.5. The standard InChI is InChI=1S/C12H16N2OS/c1-8-5-6-10(16-8)12-13-7-11(15)14(12)9-3-2-4-9/h5-6,9,12-13H,2-4,7H2,1H3. The van der Waals surface area contributed by atoms with Crippen LogP contribution in [0.25, 0.3) is 0 Å². The first-order chi connectivity index (χ1) is 7.75. The highest BCUT2D eigenvalue weighted by Crippen LogP contribution is 2.35. The Bertz CT molecular complexity index is 411. The summed E-state index contributed by atoms with van der Waals surface area (Å²) in [5.74, 6) is 0.265. The van der Waals surface area contributed by atoms with Crippen LogP contribution in [0.3, 0.4) is 0 Å². The van der Waals surface area contributed by atoms with E-state index in [0.717, 1.165) is 0 Å². The Morgan fingerprint density at radius 3 is 2.81 bits per heavy atom. The van der Waals surface area contributed by atoms with Crippen molar-refractivity contribution in [1.29, 1.82) is 0 Å². The first-order valence-corrected chi connectivity index (χ1v) is 6.68. The minimum absolute atomic E-state index is 0.136. The highest BCUT2D eigenvalue weighted by molar-refractivity contribution is 7.12. The quantitative estimate of drug-likeness (QED) is 0.852. The summed E-state index contributed by atoms with van der Waals surface area (Å²) in [5.41, 5.74) is 0. The maximum absolute atomic E-state index is 11.9. The van der Waals surface area contributed by atoms with Crippen LogP contribution in [0, 0.1) is 6.92 Å². The van der Waals surface area contributed by atoms with E-state index in [2.05, 4.69) is 29.3 Å². The van der Waals surface area contributed by atoms with Gasteiger partial charge in [-0.2, -0.15) is 0 Å². The molecule has 1 aromatic rings. The Hall–Kier alpha value is -0.870. The lowest BCUT2D eigenvalue weighted by atomic mass is 9.91. The Balaban J connectivity index is 1.85. The summed E-state index contributed by atoms with van der Waals surface area (Å²) >= 11 is 1.79. The average molecular weight is 236 g/mol. The molecule has 0 radical (unpaired) electrons. The molecular formula is C12H16N2OS. The molecular weight excluding hydrogens is 220 g/mol. The van der Waals surface area contributed by atoms with Gasteiger partial charge in [0.1, 0.15) is 6.17 Å². The number of rotatable bonds is 2. The van der Waals surface area contributed by atoms with Gasteiger partial charge in [0.2, 0.25) is 5.91 Å². The molecule has 0 bridgehead atoms. The van der Waals surface area contributed by atoms with Gasteiger partial charge in [0.05, 0.1) is 6.54 Å². The van der Waals surface area contributed by atoms with Gasteiger partial charge in [-0.05, 0) is 38.3 Å². The molecule has 1 aliphatic heterocycles. The van der Waals surface area contributed by atoms with Crippen LogP contribution in [-0.4, -0.2) is 23.4 Å². The summed E-state index contributed by atoms with van der Waals surface area (Å²) in [6, 6.07) is 4.75. The van der Waals surface area contributed by atoms with E-state index < -0.39 is 0 Å². The van der Waals surface area contributed by atoms with Crippen molar-refractivity contribution >= 4 is 17.2 Å². The third kappa shape index (κ3) is 1.57. The molecule has 1 aromatic heterocycles. The molecule has 1 saturated carbocycles. The third-order valence-corrected chi connectivity index (χ3v) is 4.56. The molecule has 2 heterocycles. The maximum Gasteiger partial charge on any atom is 0.238 e. The molecule has 2 aliphatic rings. The van der Waals surface area contributed by atoms with Gasteiger partial charge in [-0.25, -0.2) is 0 Å². The zero-order chi connectivity index (χ0) is 11.1. The molecule has 1 atom stereocenters. The van der Waals surface area contributed by atoms with E-state index in [-0.39, 0.29) is 12.1 Å². The van der Waals surface area contributed by atoms with E-state index in [4.69, 9.17) is 0 Å². The van der Waals surface area contributed by atoms with Crippen molar-refractivity contribution in [2.45, 2.75) is 38.4 Å². The van der Waals surface area contributed by atoms with Crippen LogP contribution < -0.4 is 5.32 Å². The zero-order valence-corrected chi connectivity index (χ0v) is 10.2. The molecule has 2 fully saturated rings. The van der Waals surface area contributed by atoms with Gasteiger partial charge in [0, 0.05) is 15.8 Å². The Morgan fingerprint density at radius 2 is 2.25 bits per heavy atom. The summed E-state index contributed by atoms with van der Waals surface area (Å²) < 4.78 is 0. The second-order valence-corrected chi connectivity index (χ2v) is 5.94. The van der Waals surface area contributed by atoms with Crippen molar-refractivity contribution in [2.75, 3.05) is 6.54 Å². The van der Waals surface area contributed by atoms with Crippen LogP contribution in [-0.2, 0) is 4.79 Å². The fraction of sp³-hybridized carbons (Fsp3) is 0.583. The summed E-state index contributed by atoms with van der Waals surface area (Å²) in [6.07, 6.45) is 3.75. The smallest absolute Gasteiger partial charge is 0.238 e. The van der Waals surface area contributed by atoms with Crippen LogP contribution >= 0.6 is 11.3 Å². The van der Waals surface area contributed by atoms with Crippen molar-refractivity contribution in [3.63, 3.8) is 0 Å². The predicted molar refractivity (Wildman–Crippen MR) is 64.3 cm³/mol. The fourth-order valence-corrected chi connectivity index (χ4v) is 3.39. The molecule has 1 saturated heterocycles. The molecule has 1 amide bonds. The van der Waals surface area contributed by atoms with E-state index in [1.54, 1.807) is 11.3 Å². The van der Waals surface area contributed by atoms with E-state index >= 15 is 0 Å². The van der Waals surface area contributed by atoms with E-state index in [9.17, 15) is 4.79 Å². The van der Waals surface area contributed by atoms with Gasteiger partial charge >= 0.3 is 0 Å². The maximum atomic E-state index is 11.9. The van der Waals surface area contributed by atoms with Crippen molar-refractivity contribution in [3.05, 3.63) is 21.9 Å². The minimum atomic E-state index is 0.136. The molecule has 1 unspecified atom stereocenters. The van der Waals surface area contributed by atoms with Crippen molar-refractivity contribution < 1.29 is 4.79 Å². The number of carbonyl (C=O) groups excluding carboxylic acids is 1. The number of hydrogen-bond donors (Lipinski definition) is 1. The van der Waals surface area contributed by atoms with E-state index in [1.807, 2.05) is 0 Å². The first-order valence-electron chi connectivity index (χ1n) is 5.86. The molecule has 1 aliphatic carbocycles. The number of hydrogen-bond acceptors (Lipinski definition) is 3. The molecule has 86 valence electrons. The first kappa shape index (κ1) is 10.3. The van der Waals surface area contributed by atoms with E-state index in [1.165, 1.54) is 29.0 Å². The number of nitrogens with one attached hydrogen (secondary N) is 1. The lowest BCUT2D eigenvalue weighted by Gasteiger charge is -2.37. The van der Waals surface area contributed by atoms with Crippen LogP contribution in [0.2, 0.25) is 0 Å². The fourth-order valence-electron chi connectivity index (χ4n) is 2.43. The number of thiophene rings is 1. The molecule has 3 nitrogen and oxygen atoms in total. The molecule has 0 aromatic carbocycles. The second-order valence-electron chi connectivity index (χ2n) is 4.62. The van der Waals surface area contributed by atoms with Gasteiger partial charge in [-0.3, -0.25) is 10.1 Å². The molecule has 0 spiro atoms. The third-order valence-electron chi connectivity index (χ3n) is 3.51. The largest absolute Gasteiger partial charge is 0.318 e. The van der Waals surface area contributed by atoms with Gasteiger partial charge < -0.3 is 4.90 Å². The normalized spacial score (nSPS) is 26.2. The Kier molecular flexibility index (Phi) is 2.48. The number of aryl methyl sites for hydroxylation is 1. The highest BCUT2D eigenvalue weighted by atomic mass is 32.1. The van der Waals surface area contributed by atoms with Crippen molar-refractivity contribution in [2.24, 2.45) is 0 Å². The number of amides is 1. The molecule has 4 heteroatoms. The van der Waals surface area contributed by atoms with Crippen LogP contribution in [0.1, 0.15) is 35.2 Å². The number of carbonyl (C=O) groups is 1. The predicted octanol–water partition coefficient (Wildman–Crippen LogP) is 2.04. The van der Waals surface area contributed by atoms with Gasteiger partial charge in [-0.1, -0.05) is 0 Å². The summed E-state index contributed by atoms with van der Waals surface area (Å²) in [6.45, 7) is 2.61. The van der Waals surface area contributed by atoms with Gasteiger partial charge in [0.15, 0.2) is 0 Å². The molecule has 1 N–H and O–H groups in total. The van der Waals surface area contributed by atoms with Crippen molar-refractivity contribution in [3.8, 4) is 0 Å². The zero-order valence-electron chi connectivity index (χ0n) is 9.40. The van der Waals surface area contributed by atoms with Gasteiger partial charge in [0.25, 0.3) is 0 Å². The lowest BCUT2D eigenvalue weighted by Crippen LogP contribution is -2.43. The molecule has 3 rings (SSSR count). The monoisotopic (exact) mass is 236 g/mol. The minimum Gasteiger partial charge on any atom is -0.318 e. The number of nitrogens with zero attached hydrogens (tertiary/aromatic N) is 1. The van der Waals surface area contributed by atoms with E-state index in [0.29, 0.717) is 12.6 Å². The van der Waals surface area contributed by atoms with Gasteiger partial charge in [-0.15, -0.1) is 11.3 Å². The average Bonchev–Trinajstić information content (AvgIpc) is 2.72. The topological polar surface area (TPSA) is 32.3 Å². The molecule has 16 heavy (non-hydrogen) atoms. The van der Waals surface area contributed by atoms with Crippen LogP contribution in [0.4, 0.5) is 0 Å². The second kappa shape index (κ2) is 3.86. The van der Waals surface area contributed by atoms with Crippen LogP contribution in [0.5, 0.6) is 0 Å². The van der Waals surface area contributed by atoms with Crippen molar-refractivity contribution in [1.82, 2.24) is 10.2 Å². The highest BCUT2D eigenvalue weighted by Gasteiger charge is 2.39. The Labute approximate surface area is 99.5 Å². The van der Waals surface area contributed by atoms with Crippen LogP contribution in [0.15, 0.2) is 12.1 Å². The SMILES string of the molecule is Cc1ccc(C2NCC(=O)N2C2CCC2)s1. The Morgan fingerprint density at radius 1 is 1.44 bits per heavy atom. The lowest BCUT2D eigenvalue weighted by molar-refractivity contribution is -0.132. The summed E-state index contributed by atoms with van der Waals surface area (Å²) in [5, 5.41) is 3.32.